The number of aromatic carboxylic acids is 3. The SMILES string of the molecule is Cc1cc(N)ccc1-c1ccc(N)cc1C(F)(F)F.Cc1cc(N)ccc1-c1ccc(N)cc1OC(F)(F)F.Cc1cc(N)ccc1Oc1ccc(N)cc1C(F)(F)F.Cc1cc(N)ccc1Oc1ccc(Oc2ccc(N)cc2C(F)(F)F)cc1.Nc1cc(N)cc(C(=O)O)c1.Nc1ccc(-c2ccc(N)cc2C(=O)O)c(C(=O)O)c1. The normalized spacial score (nSPS) is 11.0. The molecule has 0 unspecified atom stereocenters. The standard InChI is InChI=1S/C20H17F3N2O2.2C14H13F3N2O.C14H13F3N2.C14H12N2O4.C7H8N2O2/c1-12-10-13(24)2-8-18(12)26-15-4-6-16(7-5-15)27-19-9-3-14(25)11-17(19)20(21,22)23;1-8-6-9(18)2-4-12(8)20-13-5-3-10(19)7-11(13)14(15,16)17;1-8-6-9(18)2-4-11(8)12-5-3-10(19)7-13(12)20-14(15,16)17;1-8-6-9(18)2-4-11(8)12-5-3-10(19)7-13(12)14(15,16)17;15-7-1-3-9(11(5-7)13(17)18)10-4-2-8(16)6-12(10)14(19)20;8-5-1-4(7(10)11)2-6(9)3-5/h2-11H,24-25H2,1H3;2*2-7H,18-19H2,1H3;2-7H,18-19H2,1H3;1-6H,15-16H2,(H,17,18)(H,19,20);1-3H,8-9H2,(H,10,11). The lowest BCUT2D eigenvalue weighted by molar-refractivity contribution is -0.274. The summed E-state index contributed by atoms with van der Waals surface area (Å²) in [5, 5.41) is 26.9. The van der Waals surface area contributed by atoms with Crippen LogP contribution in [0.5, 0.6) is 40.2 Å². The summed E-state index contributed by atoms with van der Waals surface area (Å²) in [6.07, 6.45) is -18.3. The molecule has 0 saturated carbocycles. The lowest BCUT2D eigenvalue weighted by Gasteiger charge is -2.15. The Morgan fingerprint density at radius 3 is 0.889 bits per heavy atom. The summed E-state index contributed by atoms with van der Waals surface area (Å²) in [7, 11) is 0. The number of aryl methyl sites for hydroxylation is 4. The molecule has 0 spiro atoms. The zero-order valence-electron chi connectivity index (χ0n) is 62.0. The third-order valence-electron chi connectivity index (χ3n) is 16.2. The van der Waals surface area contributed by atoms with Crippen LogP contribution < -0.4 is 87.8 Å². The molecule has 612 valence electrons. The van der Waals surface area contributed by atoms with Gasteiger partial charge in [-0.1, -0.05) is 30.3 Å². The fourth-order valence-electron chi connectivity index (χ4n) is 11.0. The molecular formula is C83H76F12N12O10. The van der Waals surface area contributed by atoms with Crippen LogP contribution in [0.1, 0.15) is 70.0 Å². The molecule has 34 heteroatoms. The number of anilines is 12. The van der Waals surface area contributed by atoms with Crippen LogP contribution in [0.2, 0.25) is 0 Å². The quantitative estimate of drug-likeness (QED) is 0.0376. The molecule has 0 radical (unpaired) electrons. The summed E-state index contributed by atoms with van der Waals surface area (Å²) < 4.78 is 175. The van der Waals surface area contributed by atoms with E-state index >= 15 is 0 Å². The minimum Gasteiger partial charge on any atom is -0.478 e. The van der Waals surface area contributed by atoms with E-state index in [0.717, 1.165) is 35.4 Å². The summed E-state index contributed by atoms with van der Waals surface area (Å²) in [6.45, 7) is 7.06. The summed E-state index contributed by atoms with van der Waals surface area (Å²) in [4.78, 5) is 32.9. The van der Waals surface area contributed by atoms with Crippen LogP contribution >= 0.6 is 0 Å². The van der Waals surface area contributed by atoms with E-state index < -0.39 is 59.5 Å². The van der Waals surface area contributed by atoms with E-state index in [0.29, 0.717) is 90.6 Å². The molecule has 0 heterocycles. The van der Waals surface area contributed by atoms with Crippen molar-refractivity contribution in [3.05, 3.63) is 280 Å². The van der Waals surface area contributed by atoms with Crippen LogP contribution in [-0.4, -0.2) is 39.6 Å². The summed E-state index contributed by atoms with van der Waals surface area (Å²) >= 11 is 0. The Bertz CT molecular complexity index is 5510. The molecule has 0 aliphatic carbocycles. The largest absolute Gasteiger partial charge is 0.573 e. The van der Waals surface area contributed by atoms with Gasteiger partial charge in [0.25, 0.3) is 0 Å². The van der Waals surface area contributed by atoms with Gasteiger partial charge < -0.3 is 103 Å². The number of carbonyl (C=O) groups is 3. The van der Waals surface area contributed by atoms with Crippen molar-refractivity contribution in [2.75, 3.05) is 68.8 Å². The fraction of sp³-hybridized carbons (Fsp3) is 0.0964. The highest BCUT2D eigenvalue weighted by Crippen LogP contribution is 2.44. The summed E-state index contributed by atoms with van der Waals surface area (Å²) in [6, 6.07) is 53.6. The number of carboxylic acid groups (broad SMARTS) is 3. The van der Waals surface area contributed by atoms with Crippen molar-refractivity contribution in [1.82, 2.24) is 0 Å². The molecule has 12 aromatic carbocycles. The Balaban J connectivity index is 0.000000197. The van der Waals surface area contributed by atoms with E-state index in [2.05, 4.69) is 4.74 Å². The monoisotopic (exact) mass is 1630 g/mol. The Kier molecular flexibility index (Phi) is 28.6. The Labute approximate surface area is 659 Å². The fourth-order valence-corrected chi connectivity index (χ4v) is 11.0. The first-order valence-electron chi connectivity index (χ1n) is 33.8. The van der Waals surface area contributed by atoms with Gasteiger partial charge in [0, 0.05) is 79.9 Å². The first-order chi connectivity index (χ1) is 54.5. The van der Waals surface area contributed by atoms with E-state index in [1.54, 1.807) is 99.6 Å². The summed E-state index contributed by atoms with van der Waals surface area (Å²) in [5.41, 5.74) is 72.5. The van der Waals surface area contributed by atoms with Crippen molar-refractivity contribution < 1.29 is 101 Å². The maximum atomic E-state index is 13.1. The van der Waals surface area contributed by atoms with Gasteiger partial charge in [0.1, 0.15) is 51.4 Å². The van der Waals surface area contributed by atoms with Crippen LogP contribution in [0.3, 0.4) is 0 Å². The highest BCUT2D eigenvalue weighted by molar-refractivity contribution is 6.03. The van der Waals surface area contributed by atoms with Gasteiger partial charge in [0.15, 0.2) is 0 Å². The predicted octanol–water partition coefficient (Wildman–Crippen LogP) is 19.8. The smallest absolute Gasteiger partial charge is 0.478 e. The van der Waals surface area contributed by atoms with E-state index in [1.807, 2.05) is 6.92 Å². The highest BCUT2D eigenvalue weighted by atomic mass is 19.4. The van der Waals surface area contributed by atoms with Gasteiger partial charge in [-0.15, -0.1) is 13.2 Å². The summed E-state index contributed by atoms with van der Waals surface area (Å²) in [5.74, 6) is -2.62. The topological polar surface area (TPSA) is 461 Å². The van der Waals surface area contributed by atoms with Crippen molar-refractivity contribution >= 4 is 86.2 Å². The molecule has 12 aromatic rings. The average molecular weight is 1630 g/mol. The molecule has 0 atom stereocenters. The van der Waals surface area contributed by atoms with E-state index in [-0.39, 0.29) is 79.1 Å². The number of hydrogen-bond donors (Lipinski definition) is 15. The van der Waals surface area contributed by atoms with Crippen LogP contribution in [0.15, 0.2) is 224 Å². The molecule has 0 bridgehead atoms. The molecule has 0 fully saturated rings. The van der Waals surface area contributed by atoms with Crippen molar-refractivity contribution in [2.45, 2.75) is 52.6 Å². The minimum absolute atomic E-state index is 0.0114. The van der Waals surface area contributed by atoms with Crippen LogP contribution in [0.4, 0.5) is 121 Å². The second-order valence-corrected chi connectivity index (χ2v) is 25.5. The first-order valence-corrected chi connectivity index (χ1v) is 33.8. The lowest BCUT2D eigenvalue weighted by Crippen LogP contribution is -2.17. The number of alkyl halides is 12. The maximum Gasteiger partial charge on any atom is 0.573 e. The molecule has 117 heavy (non-hydrogen) atoms. The van der Waals surface area contributed by atoms with Gasteiger partial charge in [-0.3, -0.25) is 0 Å². The number of hydrogen-bond acceptors (Lipinski definition) is 19. The van der Waals surface area contributed by atoms with Crippen molar-refractivity contribution in [1.29, 1.82) is 0 Å². The number of ether oxygens (including phenoxy) is 4. The third-order valence-corrected chi connectivity index (χ3v) is 16.2. The second-order valence-electron chi connectivity index (χ2n) is 25.5. The zero-order valence-corrected chi connectivity index (χ0v) is 62.0. The van der Waals surface area contributed by atoms with E-state index in [4.69, 9.17) is 88.1 Å². The number of benzene rings is 12. The first kappa shape index (κ1) is 89.2. The molecule has 0 amide bonds. The number of halogens is 12. The molecule has 22 nitrogen and oxygen atoms in total. The highest BCUT2D eigenvalue weighted by Gasteiger charge is 2.38. The van der Waals surface area contributed by atoms with Gasteiger partial charge in [0.2, 0.25) is 0 Å². The van der Waals surface area contributed by atoms with Gasteiger partial charge in [-0.2, -0.15) is 39.5 Å². The number of nitrogen functional groups attached to an aromatic ring is 12. The van der Waals surface area contributed by atoms with Gasteiger partial charge >= 0.3 is 42.8 Å². The third kappa shape index (κ3) is 25.8. The molecule has 0 aliphatic heterocycles. The number of rotatable bonds is 13. The van der Waals surface area contributed by atoms with Crippen molar-refractivity contribution in [3.8, 4) is 73.6 Å². The average Bonchev–Trinajstić information content (AvgIpc) is 0.796. The minimum atomic E-state index is -4.77. The Morgan fingerprint density at radius 2 is 0.538 bits per heavy atom. The van der Waals surface area contributed by atoms with E-state index in [1.165, 1.54) is 121 Å². The van der Waals surface area contributed by atoms with Crippen LogP contribution in [-0.2, 0) is 18.5 Å². The van der Waals surface area contributed by atoms with Crippen LogP contribution in [0.25, 0.3) is 33.4 Å². The van der Waals surface area contributed by atoms with Crippen molar-refractivity contribution in [3.63, 3.8) is 0 Å². The van der Waals surface area contributed by atoms with Crippen molar-refractivity contribution in [2.24, 2.45) is 0 Å². The molecule has 12 rings (SSSR count). The van der Waals surface area contributed by atoms with Crippen LogP contribution in [0, 0.1) is 27.7 Å². The Hall–Kier alpha value is -15.0. The zero-order chi connectivity index (χ0) is 86.9. The Morgan fingerprint density at radius 1 is 0.256 bits per heavy atom. The molecule has 0 saturated heterocycles. The number of carboxylic acids is 3. The van der Waals surface area contributed by atoms with Gasteiger partial charge in [-0.05, 0) is 266 Å². The molecule has 0 aromatic heterocycles. The van der Waals surface area contributed by atoms with E-state index in [9.17, 15) is 77.3 Å². The molecule has 0 aliphatic rings. The molecule has 27 N–H and O–H groups in total. The van der Waals surface area contributed by atoms with Gasteiger partial charge in [-0.25, -0.2) is 14.4 Å². The predicted molar refractivity (Wildman–Crippen MR) is 429 cm³/mol. The number of nitrogens with two attached hydrogens (primary N) is 12. The second kappa shape index (κ2) is 37.6. The molecular weight excluding hydrogens is 1550 g/mol. The lowest BCUT2D eigenvalue weighted by atomic mass is 9.94. The van der Waals surface area contributed by atoms with Gasteiger partial charge in [0.05, 0.1) is 22.3 Å². The maximum absolute atomic E-state index is 13.1.